The highest BCUT2D eigenvalue weighted by Crippen LogP contribution is 2.28. The van der Waals surface area contributed by atoms with Gasteiger partial charge in [0.05, 0.1) is 19.8 Å². The first-order valence-electron chi connectivity index (χ1n) is 7.74. The third-order valence-electron chi connectivity index (χ3n) is 4.17. The molecule has 0 N–H and O–H groups in total. The van der Waals surface area contributed by atoms with Crippen molar-refractivity contribution in [3.63, 3.8) is 0 Å². The van der Waals surface area contributed by atoms with E-state index in [1.54, 1.807) is 7.11 Å². The van der Waals surface area contributed by atoms with Crippen LogP contribution in [0.2, 0.25) is 0 Å². The highest BCUT2D eigenvalue weighted by molar-refractivity contribution is 5.83. The van der Waals surface area contributed by atoms with Gasteiger partial charge in [-0.3, -0.25) is 4.79 Å². The molecule has 2 fully saturated rings. The van der Waals surface area contributed by atoms with Gasteiger partial charge in [0.1, 0.15) is 24.2 Å². The molecule has 0 spiro atoms. The van der Waals surface area contributed by atoms with E-state index in [1.165, 1.54) is 0 Å². The van der Waals surface area contributed by atoms with Crippen LogP contribution in [0.3, 0.4) is 0 Å². The van der Waals surface area contributed by atoms with Crippen LogP contribution in [0.5, 0.6) is 5.75 Å². The molecule has 2 saturated heterocycles. The van der Waals surface area contributed by atoms with E-state index in [9.17, 15) is 4.79 Å². The second-order valence-electron chi connectivity index (χ2n) is 5.77. The molecule has 0 aliphatic carbocycles. The number of rotatable bonds is 5. The van der Waals surface area contributed by atoms with Crippen molar-refractivity contribution in [1.82, 2.24) is 5.16 Å². The minimum Gasteiger partial charge on any atom is -0.497 e. The number of benzene rings is 1. The van der Waals surface area contributed by atoms with Crippen LogP contribution in [0.25, 0.3) is 11.3 Å². The monoisotopic (exact) mass is 331 g/mol. The summed E-state index contributed by atoms with van der Waals surface area (Å²) in [6, 6.07) is 9.36. The number of aromatic nitrogens is 1. The Morgan fingerprint density at radius 2 is 2.12 bits per heavy atom. The Morgan fingerprint density at radius 3 is 2.92 bits per heavy atom. The zero-order valence-electron chi connectivity index (χ0n) is 13.1. The zero-order chi connectivity index (χ0) is 16.5. The number of Topliss-reactive ketones (excluding diaryl/α,β-unsaturated/α-hetero) is 1. The summed E-state index contributed by atoms with van der Waals surface area (Å²) in [5.41, 5.74) is 1.64. The molecule has 2 aliphatic heterocycles. The quantitative estimate of drug-likeness (QED) is 0.828. The lowest BCUT2D eigenvalue weighted by Gasteiger charge is -2.25. The summed E-state index contributed by atoms with van der Waals surface area (Å²) in [5.74, 6) is 1.30. The number of hydrogen-bond donors (Lipinski definition) is 0. The smallest absolute Gasteiger partial charge is 0.218 e. The lowest BCUT2D eigenvalue weighted by molar-refractivity contribution is -0.168. The largest absolute Gasteiger partial charge is 0.497 e. The van der Waals surface area contributed by atoms with Gasteiger partial charge < -0.3 is 23.5 Å². The van der Waals surface area contributed by atoms with Crippen molar-refractivity contribution in [2.24, 2.45) is 0 Å². The summed E-state index contributed by atoms with van der Waals surface area (Å²) in [5, 5.41) is 4.05. The molecule has 7 nitrogen and oxygen atoms in total. The summed E-state index contributed by atoms with van der Waals surface area (Å²) in [7, 11) is 1.62. The van der Waals surface area contributed by atoms with Crippen LogP contribution in [-0.4, -0.2) is 43.2 Å². The van der Waals surface area contributed by atoms with Crippen molar-refractivity contribution < 1.29 is 28.3 Å². The van der Waals surface area contributed by atoms with Crippen molar-refractivity contribution in [1.29, 1.82) is 0 Å². The molecule has 2 aliphatic rings. The van der Waals surface area contributed by atoms with Crippen LogP contribution >= 0.6 is 0 Å². The van der Waals surface area contributed by atoms with Gasteiger partial charge in [-0.1, -0.05) is 5.16 Å². The van der Waals surface area contributed by atoms with Crippen molar-refractivity contribution in [3.05, 3.63) is 36.1 Å². The Labute approximate surface area is 138 Å². The van der Waals surface area contributed by atoms with Gasteiger partial charge in [-0.2, -0.15) is 0 Å². The number of ether oxygens (including phenoxy) is 4. The average Bonchev–Trinajstić information content (AvgIpc) is 3.25. The molecule has 0 unspecified atom stereocenters. The highest BCUT2D eigenvalue weighted by Gasteiger charge is 2.43. The number of methoxy groups -OCH3 is 1. The highest BCUT2D eigenvalue weighted by atomic mass is 16.7. The normalized spacial score (nSPS) is 25.9. The van der Waals surface area contributed by atoms with Gasteiger partial charge in [0.15, 0.2) is 11.5 Å². The third-order valence-corrected chi connectivity index (χ3v) is 4.17. The summed E-state index contributed by atoms with van der Waals surface area (Å²) in [6.45, 7) is 0.611. The standard InChI is InChI=1S/C17H17NO6/c1-20-11-4-2-10(3-5-11)13-6-12(24-18-13)8-21-15-7-14(19)17-22-9-16(15)23-17/h2-6,15-17H,7-9H2,1H3/t15-,16+,17+/m0/s1. The second kappa shape index (κ2) is 6.35. The number of hydrogen-bond acceptors (Lipinski definition) is 7. The van der Waals surface area contributed by atoms with Crippen LogP contribution in [0.1, 0.15) is 12.2 Å². The van der Waals surface area contributed by atoms with E-state index in [-0.39, 0.29) is 24.6 Å². The van der Waals surface area contributed by atoms with Gasteiger partial charge in [-0.25, -0.2) is 0 Å². The lowest BCUT2D eigenvalue weighted by atomic mass is 10.1. The van der Waals surface area contributed by atoms with Crippen LogP contribution < -0.4 is 4.74 Å². The predicted octanol–water partition coefficient (Wildman–Crippen LogP) is 1.95. The molecule has 1 aromatic carbocycles. The molecule has 7 heteroatoms. The number of carbonyl (C=O) groups is 1. The molecular weight excluding hydrogens is 314 g/mol. The molecule has 0 radical (unpaired) electrons. The minimum atomic E-state index is -0.707. The number of carbonyl (C=O) groups excluding carboxylic acids is 1. The Kier molecular flexibility index (Phi) is 4.05. The van der Waals surface area contributed by atoms with Gasteiger partial charge in [0.25, 0.3) is 0 Å². The minimum absolute atomic E-state index is 0.0785. The Morgan fingerprint density at radius 1 is 1.29 bits per heavy atom. The van der Waals surface area contributed by atoms with Gasteiger partial charge in [0, 0.05) is 18.1 Å². The molecule has 4 rings (SSSR count). The fraction of sp³-hybridized carbons (Fsp3) is 0.412. The van der Waals surface area contributed by atoms with Crippen molar-refractivity contribution in [2.45, 2.75) is 31.5 Å². The van der Waals surface area contributed by atoms with E-state index >= 15 is 0 Å². The van der Waals surface area contributed by atoms with Crippen molar-refractivity contribution in [3.8, 4) is 17.0 Å². The maximum atomic E-state index is 11.7. The summed E-state index contributed by atoms with van der Waals surface area (Å²) < 4.78 is 26.9. The molecule has 1 aromatic heterocycles. The molecule has 0 saturated carbocycles. The van der Waals surface area contributed by atoms with E-state index < -0.39 is 6.29 Å². The Balaban J connectivity index is 1.39. The molecule has 126 valence electrons. The second-order valence-corrected chi connectivity index (χ2v) is 5.77. The first-order chi connectivity index (χ1) is 11.7. The van der Waals surface area contributed by atoms with Crippen LogP contribution in [0.4, 0.5) is 0 Å². The van der Waals surface area contributed by atoms with E-state index in [4.69, 9.17) is 23.5 Å². The molecule has 24 heavy (non-hydrogen) atoms. The zero-order valence-corrected chi connectivity index (χ0v) is 13.1. The number of nitrogens with zero attached hydrogens (tertiary/aromatic N) is 1. The summed E-state index contributed by atoms with van der Waals surface area (Å²) in [4.78, 5) is 11.7. The first kappa shape index (κ1) is 15.3. The van der Waals surface area contributed by atoms with Gasteiger partial charge in [-0.05, 0) is 24.3 Å². The topological polar surface area (TPSA) is 80.0 Å². The molecule has 2 bridgehead atoms. The maximum Gasteiger partial charge on any atom is 0.218 e. The van der Waals surface area contributed by atoms with Crippen LogP contribution in [0, 0.1) is 0 Å². The molecule has 3 heterocycles. The fourth-order valence-electron chi connectivity index (χ4n) is 2.84. The van der Waals surface area contributed by atoms with Crippen LogP contribution in [-0.2, 0) is 25.6 Å². The van der Waals surface area contributed by atoms with E-state index in [0.717, 1.165) is 17.0 Å². The fourth-order valence-corrected chi connectivity index (χ4v) is 2.84. The Bertz CT molecular complexity index is 725. The summed E-state index contributed by atoms with van der Waals surface area (Å²) in [6.07, 6.45) is -0.918. The number of ketones is 1. The van der Waals surface area contributed by atoms with Crippen LogP contribution in [0.15, 0.2) is 34.9 Å². The van der Waals surface area contributed by atoms with Crippen molar-refractivity contribution in [2.75, 3.05) is 13.7 Å². The molecule has 3 atom stereocenters. The van der Waals surface area contributed by atoms with E-state index in [1.807, 2.05) is 30.3 Å². The third kappa shape index (κ3) is 2.93. The molecular formula is C17H17NO6. The number of fused-ring (bicyclic) bond motifs is 2. The van der Waals surface area contributed by atoms with E-state index in [0.29, 0.717) is 18.8 Å². The van der Waals surface area contributed by atoms with Gasteiger partial charge >= 0.3 is 0 Å². The first-order valence-corrected chi connectivity index (χ1v) is 7.74. The van der Waals surface area contributed by atoms with Gasteiger partial charge in [-0.15, -0.1) is 0 Å². The predicted molar refractivity (Wildman–Crippen MR) is 81.3 cm³/mol. The maximum absolute atomic E-state index is 11.7. The average molecular weight is 331 g/mol. The summed E-state index contributed by atoms with van der Waals surface area (Å²) >= 11 is 0. The van der Waals surface area contributed by atoms with E-state index in [2.05, 4.69) is 5.16 Å². The lowest BCUT2D eigenvalue weighted by Crippen LogP contribution is -2.40. The van der Waals surface area contributed by atoms with Crippen molar-refractivity contribution >= 4 is 5.78 Å². The SMILES string of the molecule is COc1ccc(-c2cc(CO[C@H]3CC(=O)[C@@H]4OC[C@H]3O4)on2)cc1. The van der Waals surface area contributed by atoms with Gasteiger partial charge in [0.2, 0.25) is 6.29 Å². The molecule has 2 aromatic rings. The molecule has 0 amide bonds. The Hall–Kier alpha value is -2.22.